The van der Waals surface area contributed by atoms with E-state index in [1.807, 2.05) is 41.1 Å². The summed E-state index contributed by atoms with van der Waals surface area (Å²) in [6, 6.07) is 13.7. The number of ether oxygens (including phenoxy) is 1. The fourth-order valence-electron chi connectivity index (χ4n) is 5.02. The number of carbonyl (C=O) groups is 1. The van der Waals surface area contributed by atoms with Crippen molar-refractivity contribution in [2.45, 2.75) is 56.9 Å². The van der Waals surface area contributed by atoms with Crippen molar-refractivity contribution in [1.82, 2.24) is 14.9 Å². The zero-order valence-corrected chi connectivity index (χ0v) is 21.3. The van der Waals surface area contributed by atoms with E-state index in [1.54, 1.807) is 18.6 Å². The molecule has 180 valence electrons. The fraction of sp³-hybridized carbons (Fsp3) is 0.393. The first-order valence-electron chi connectivity index (χ1n) is 12.3. The van der Waals surface area contributed by atoms with Gasteiger partial charge in [0.05, 0.1) is 17.3 Å². The van der Waals surface area contributed by atoms with Gasteiger partial charge >= 0.3 is 0 Å². The molecule has 1 saturated heterocycles. The van der Waals surface area contributed by atoms with Gasteiger partial charge in [0.25, 0.3) is 0 Å². The van der Waals surface area contributed by atoms with Crippen molar-refractivity contribution in [1.29, 1.82) is 5.26 Å². The van der Waals surface area contributed by atoms with E-state index < -0.39 is 5.41 Å². The van der Waals surface area contributed by atoms with E-state index in [0.717, 1.165) is 60.2 Å². The van der Waals surface area contributed by atoms with Crippen LogP contribution in [0.1, 0.15) is 61.6 Å². The number of nitrogens with zero attached hydrogens (tertiary/aromatic N) is 3. The summed E-state index contributed by atoms with van der Waals surface area (Å²) < 4.78 is 9.19. The number of benzene rings is 2. The number of imidazole rings is 1. The summed E-state index contributed by atoms with van der Waals surface area (Å²) in [6.07, 6.45) is 12.7. The lowest BCUT2D eigenvalue weighted by Crippen LogP contribution is -2.43. The molecular weight excluding hydrogens is 504 g/mol. The van der Waals surface area contributed by atoms with Crippen molar-refractivity contribution < 1.29 is 9.53 Å². The number of nitriles is 1. The monoisotopic (exact) mass is 532 g/mol. The molecule has 1 atom stereocenters. The van der Waals surface area contributed by atoms with Gasteiger partial charge in [-0.15, -0.1) is 0 Å². The van der Waals surface area contributed by atoms with E-state index >= 15 is 0 Å². The van der Waals surface area contributed by atoms with E-state index in [-0.39, 0.29) is 5.91 Å². The molecule has 1 unspecified atom stereocenters. The molecule has 1 aliphatic heterocycles. The molecule has 5 rings (SSSR count). The lowest BCUT2D eigenvalue weighted by molar-refractivity contribution is -0.127. The lowest BCUT2D eigenvalue weighted by Gasteiger charge is -2.33. The topological polar surface area (TPSA) is 79.9 Å². The Morgan fingerprint density at radius 3 is 2.89 bits per heavy atom. The van der Waals surface area contributed by atoms with E-state index in [0.29, 0.717) is 23.6 Å². The zero-order valence-electron chi connectivity index (χ0n) is 19.7. The molecule has 2 aromatic carbocycles. The van der Waals surface area contributed by atoms with Crippen molar-refractivity contribution in [3.8, 4) is 17.6 Å². The Morgan fingerprint density at radius 2 is 2.11 bits per heavy atom. The van der Waals surface area contributed by atoms with Gasteiger partial charge in [-0.2, -0.15) is 5.26 Å². The number of rotatable bonds is 8. The second kappa shape index (κ2) is 10.2. The molecule has 1 N–H and O–H groups in total. The lowest BCUT2D eigenvalue weighted by atomic mass is 9.72. The molecule has 1 amide bonds. The van der Waals surface area contributed by atoms with Gasteiger partial charge in [-0.25, -0.2) is 4.98 Å². The van der Waals surface area contributed by atoms with Gasteiger partial charge in [-0.3, -0.25) is 4.79 Å². The van der Waals surface area contributed by atoms with E-state index in [2.05, 4.69) is 32.3 Å². The first kappa shape index (κ1) is 23.6. The van der Waals surface area contributed by atoms with Crippen LogP contribution in [0.2, 0.25) is 0 Å². The first-order chi connectivity index (χ1) is 17.1. The summed E-state index contributed by atoms with van der Waals surface area (Å²) in [5.41, 5.74) is 1.89. The van der Waals surface area contributed by atoms with Crippen LogP contribution in [0.5, 0.6) is 11.5 Å². The fourth-order valence-corrected chi connectivity index (χ4v) is 5.64. The van der Waals surface area contributed by atoms with Crippen LogP contribution in [0.4, 0.5) is 0 Å². The molecule has 7 heteroatoms. The molecule has 0 spiro atoms. The molecule has 3 aromatic rings. The number of hydrogen-bond donors (Lipinski definition) is 1. The van der Waals surface area contributed by atoms with Gasteiger partial charge in [0, 0.05) is 30.0 Å². The smallest absolute Gasteiger partial charge is 0.230 e. The maximum atomic E-state index is 13.5. The standard InChI is InChI=1S/C28H29BrN4O2/c29-25-8-7-23(35-26-15-21(5-6-22(26)17-30)18-33-14-13-31-19-33)16-24(25)28(11-9-20-3-4-20)10-1-2-12-32-27(28)34/h5-8,13-16,19-20H,1-4,9-12,18H2,(H,32,34). The Hall–Kier alpha value is -3.11. The Labute approximate surface area is 214 Å². The molecule has 2 aliphatic rings. The second-order valence-electron chi connectivity index (χ2n) is 9.70. The van der Waals surface area contributed by atoms with Gasteiger partial charge < -0.3 is 14.6 Å². The largest absolute Gasteiger partial charge is 0.456 e. The van der Waals surface area contributed by atoms with Crippen LogP contribution in [0, 0.1) is 17.2 Å². The number of nitrogens with one attached hydrogen (secondary N) is 1. The third-order valence-electron chi connectivity index (χ3n) is 7.20. The third kappa shape index (κ3) is 5.28. The van der Waals surface area contributed by atoms with Crippen LogP contribution in [0.25, 0.3) is 0 Å². The quantitative estimate of drug-likeness (QED) is 0.380. The van der Waals surface area contributed by atoms with Crippen molar-refractivity contribution in [2.75, 3.05) is 6.54 Å². The average Bonchev–Trinajstić information content (AvgIpc) is 3.59. The van der Waals surface area contributed by atoms with Crippen molar-refractivity contribution in [3.63, 3.8) is 0 Å². The Bertz CT molecular complexity index is 1250. The number of halogens is 1. The summed E-state index contributed by atoms with van der Waals surface area (Å²) in [4.78, 5) is 17.6. The minimum absolute atomic E-state index is 0.119. The summed E-state index contributed by atoms with van der Waals surface area (Å²) >= 11 is 3.74. The molecular formula is C28H29BrN4O2. The van der Waals surface area contributed by atoms with Crippen molar-refractivity contribution in [3.05, 3.63) is 76.3 Å². The minimum atomic E-state index is -0.571. The minimum Gasteiger partial charge on any atom is -0.456 e. The molecule has 2 heterocycles. The van der Waals surface area contributed by atoms with E-state index in [9.17, 15) is 10.1 Å². The average molecular weight is 533 g/mol. The van der Waals surface area contributed by atoms with Crippen LogP contribution in [0.3, 0.4) is 0 Å². The van der Waals surface area contributed by atoms with Gasteiger partial charge in [0.15, 0.2) is 0 Å². The number of aromatic nitrogens is 2. The van der Waals surface area contributed by atoms with Gasteiger partial charge in [0.1, 0.15) is 17.6 Å². The molecule has 2 fully saturated rings. The molecule has 35 heavy (non-hydrogen) atoms. The predicted molar refractivity (Wildman–Crippen MR) is 137 cm³/mol. The maximum absolute atomic E-state index is 13.5. The summed E-state index contributed by atoms with van der Waals surface area (Å²) in [6.45, 7) is 1.37. The SMILES string of the molecule is N#Cc1ccc(Cn2ccnc2)cc1Oc1ccc(Br)c(C2(CCC3CC3)CCCCNC2=O)c1. The molecule has 0 radical (unpaired) electrons. The van der Waals surface area contributed by atoms with Crippen LogP contribution >= 0.6 is 15.9 Å². The maximum Gasteiger partial charge on any atom is 0.230 e. The van der Waals surface area contributed by atoms with Gasteiger partial charge in [-0.1, -0.05) is 41.3 Å². The summed E-state index contributed by atoms with van der Waals surface area (Å²) in [5, 5.41) is 12.8. The Morgan fingerprint density at radius 1 is 1.23 bits per heavy atom. The van der Waals surface area contributed by atoms with E-state index in [4.69, 9.17) is 4.74 Å². The summed E-state index contributed by atoms with van der Waals surface area (Å²) in [7, 11) is 0. The van der Waals surface area contributed by atoms with Crippen molar-refractivity contribution >= 4 is 21.8 Å². The predicted octanol–water partition coefficient (Wildman–Crippen LogP) is 6.09. The third-order valence-corrected chi connectivity index (χ3v) is 7.89. The molecule has 1 aromatic heterocycles. The van der Waals surface area contributed by atoms with Crippen LogP contribution in [-0.4, -0.2) is 22.0 Å². The van der Waals surface area contributed by atoms with Gasteiger partial charge in [-0.05, 0) is 73.1 Å². The Kier molecular flexibility index (Phi) is 6.92. The molecule has 1 saturated carbocycles. The van der Waals surface area contributed by atoms with Crippen molar-refractivity contribution in [2.24, 2.45) is 5.92 Å². The number of amides is 1. The van der Waals surface area contributed by atoms with Crippen LogP contribution < -0.4 is 10.1 Å². The summed E-state index contributed by atoms with van der Waals surface area (Å²) in [5.74, 6) is 2.00. The second-order valence-corrected chi connectivity index (χ2v) is 10.6. The Balaban J connectivity index is 1.47. The highest BCUT2D eigenvalue weighted by Crippen LogP contribution is 2.45. The normalized spacial score (nSPS) is 20.1. The highest BCUT2D eigenvalue weighted by Gasteiger charge is 2.43. The molecule has 0 bridgehead atoms. The number of hydrogen-bond acceptors (Lipinski definition) is 4. The molecule has 6 nitrogen and oxygen atoms in total. The molecule has 1 aliphatic carbocycles. The highest BCUT2D eigenvalue weighted by molar-refractivity contribution is 9.10. The first-order valence-corrected chi connectivity index (χ1v) is 13.1. The van der Waals surface area contributed by atoms with Crippen LogP contribution in [0.15, 0.2) is 59.6 Å². The zero-order chi connectivity index (χ0) is 24.3. The van der Waals surface area contributed by atoms with Crippen LogP contribution in [-0.2, 0) is 16.8 Å². The van der Waals surface area contributed by atoms with E-state index in [1.165, 1.54) is 12.8 Å². The number of carbonyl (C=O) groups excluding carboxylic acids is 1. The highest BCUT2D eigenvalue weighted by atomic mass is 79.9. The van der Waals surface area contributed by atoms with Gasteiger partial charge in [0.2, 0.25) is 5.91 Å².